The summed E-state index contributed by atoms with van der Waals surface area (Å²) in [7, 11) is 1.98. The minimum Gasteiger partial charge on any atom is -0.381 e. The molecule has 18 heavy (non-hydrogen) atoms. The molecule has 2 heterocycles. The predicted molar refractivity (Wildman–Crippen MR) is 71.8 cm³/mol. The van der Waals surface area contributed by atoms with Gasteiger partial charge in [-0.05, 0) is 32.4 Å². The fraction of sp³-hybridized carbons (Fsp3) is 0.714. The Morgan fingerprint density at radius 2 is 2.22 bits per heavy atom. The van der Waals surface area contributed by atoms with Crippen molar-refractivity contribution in [3.63, 3.8) is 0 Å². The smallest absolute Gasteiger partial charge is 0.132 e. The second-order valence-electron chi connectivity index (χ2n) is 4.89. The molecule has 1 N–H and O–H groups in total. The summed E-state index contributed by atoms with van der Waals surface area (Å²) in [4.78, 5) is 9.22. The van der Waals surface area contributed by atoms with Gasteiger partial charge in [0.15, 0.2) is 0 Å². The fourth-order valence-corrected chi connectivity index (χ4v) is 2.47. The lowest BCUT2D eigenvalue weighted by Crippen LogP contribution is -2.20. The monoisotopic (exact) mass is 249 g/mol. The summed E-state index contributed by atoms with van der Waals surface area (Å²) < 4.78 is 5.41. The summed E-state index contributed by atoms with van der Waals surface area (Å²) in [5.74, 6) is 1.94. The minimum absolute atomic E-state index is 0.412. The zero-order valence-corrected chi connectivity index (χ0v) is 11.4. The SMILES string of the molecule is CCC(CNC)c1nccc(C2CCOCC2)n1. The van der Waals surface area contributed by atoms with Gasteiger partial charge in [-0.1, -0.05) is 6.92 Å². The number of nitrogens with zero attached hydrogens (tertiary/aromatic N) is 2. The maximum absolute atomic E-state index is 5.41. The molecule has 100 valence electrons. The van der Waals surface area contributed by atoms with Crippen LogP contribution >= 0.6 is 0 Å². The number of hydrogen-bond donors (Lipinski definition) is 1. The van der Waals surface area contributed by atoms with Crippen molar-refractivity contribution in [3.05, 3.63) is 23.8 Å². The Kier molecular flexibility index (Phi) is 5.08. The van der Waals surface area contributed by atoms with Crippen molar-refractivity contribution >= 4 is 0 Å². The highest BCUT2D eigenvalue weighted by Gasteiger charge is 2.19. The Hall–Kier alpha value is -1.00. The van der Waals surface area contributed by atoms with Gasteiger partial charge in [0.1, 0.15) is 5.82 Å². The molecule has 2 rings (SSSR count). The zero-order chi connectivity index (χ0) is 12.8. The zero-order valence-electron chi connectivity index (χ0n) is 11.4. The molecule has 4 nitrogen and oxygen atoms in total. The molecule has 1 atom stereocenters. The van der Waals surface area contributed by atoms with E-state index in [-0.39, 0.29) is 0 Å². The van der Waals surface area contributed by atoms with Gasteiger partial charge in [0.2, 0.25) is 0 Å². The molecule has 1 aliphatic rings. The van der Waals surface area contributed by atoms with Gasteiger partial charge in [0, 0.05) is 43.5 Å². The van der Waals surface area contributed by atoms with Crippen LogP contribution in [0.15, 0.2) is 12.3 Å². The van der Waals surface area contributed by atoms with E-state index >= 15 is 0 Å². The molecule has 1 fully saturated rings. The number of likely N-dealkylation sites (N-methyl/N-ethyl adjacent to an activating group) is 1. The second kappa shape index (κ2) is 6.81. The molecule has 1 unspecified atom stereocenters. The number of nitrogens with one attached hydrogen (secondary N) is 1. The summed E-state index contributed by atoms with van der Waals surface area (Å²) >= 11 is 0. The molecular weight excluding hydrogens is 226 g/mol. The van der Waals surface area contributed by atoms with Gasteiger partial charge in [-0.25, -0.2) is 9.97 Å². The molecule has 0 spiro atoms. The van der Waals surface area contributed by atoms with Crippen LogP contribution in [0, 0.1) is 0 Å². The molecule has 0 aliphatic carbocycles. The Labute approximate surface area is 109 Å². The Bertz CT molecular complexity index is 344. The molecule has 0 radical (unpaired) electrons. The van der Waals surface area contributed by atoms with Crippen molar-refractivity contribution in [2.24, 2.45) is 0 Å². The van der Waals surface area contributed by atoms with E-state index in [1.807, 2.05) is 13.2 Å². The van der Waals surface area contributed by atoms with Gasteiger partial charge in [0.25, 0.3) is 0 Å². The largest absolute Gasteiger partial charge is 0.381 e. The number of hydrogen-bond acceptors (Lipinski definition) is 4. The van der Waals surface area contributed by atoms with E-state index in [1.165, 1.54) is 5.69 Å². The van der Waals surface area contributed by atoms with E-state index in [0.29, 0.717) is 11.8 Å². The van der Waals surface area contributed by atoms with Gasteiger partial charge in [-0.2, -0.15) is 0 Å². The van der Waals surface area contributed by atoms with Gasteiger partial charge in [0.05, 0.1) is 0 Å². The Morgan fingerprint density at radius 3 is 2.89 bits per heavy atom. The van der Waals surface area contributed by atoms with Crippen LogP contribution in [-0.4, -0.2) is 36.8 Å². The normalized spacial score (nSPS) is 18.8. The lowest BCUT2D eigenvalue weighted by atomic mass is 9.96. The highest BCUT2D eigenvalue weighted by atomic mass is 16.5. The molecule has 4 heteroatoms. The molecule has 1 aromatic heterocycles. The molecular formula is C14H23N3O. The molecule has 0 amide bonds. The van der Waals surface area contributed by atoms with Crippen LogP contribution in [-0.2, 0) is 4.74 Å². The van der Waals surface area contributed by atoms with Crippen LogP contribution in [0.2, 0.25) is 0 Å². The van der Waals surface area contributed by atoms with Crippen molar-refractivity contribution in [2.45, 2.75) is 38.0 Å². The van der Waals surface area contributed by atoms with Gasteiger partial charge < -0.3 is 10.1 Å². The summed E-state index contributed by atoms with van der Waals surface area (Å²) in [6, 6.07) is 2.06. The standard InChI is InChI=1S/C14H23N3O/c1-3-11(10-15-2)14-16-7-4-13(17-14)12-5-8-18-9-6-12/h4,7,11-12,15H,3,5-6,8-10H2,1-2H3. The second-order valence-corrected chi connectivity index (χ2v) is 4.89. The summed E-state index contributed by atoms with van der Waals surface area (Å²) in [5, 5.41) is 3.22. The number of ether oxygens (including phenoxy) is 1. The first-order chi connectivity index (χ1) is 8.85. The van der Waals surface area contributed by atoms with Crippen molar-refractivity contribution in [1.29, 1.82) is 0 Å². The van der Waals surface area contributed by atoms with Crippen LogP contribution in [0.25, 0.3) is 0 Å². The lowest BCUT2D eigenvalue weighted by Gasteiger charge is -2.22. The Morgan fingerprint density at radius 1 is 1.44 bits per heavy atom. The predicted octanol–water partition coefficient (Wildman–Crippen LogP) is 2.08. The first kappa shape index (κ1) is 13.4. The van der Waals surface area contributed by atoms with Crippen LogP contribution in [0.3, 0.4) is 0 Å². The highest BCUT2D eigenvalue weighted by molar-refractivity contribution is 5.11. The maximum atomic E-state index is 5.41. The van der Waals surface area contributed by atoms with Crippen LogP contribution in [0.4, 0.5) is 0 Å². The fourth-order valence-electron chi connectivity index (χ4n) is 2.47. The van der Waals surface area contributed by atoms with Crippen molar-refractivity contribution in [1.82, 2.24) is 15.3 Å². The molecule has 0 aromatic carbocycles. The van der Waals surface area contributed by atoms with Crippen molar-refractivity contribution in [2.75, 3.05) is 26.8 Å². The lowest BCUT2D eigenvalue weighted by molar-refractivity contribution is 0.0844. The summed E-state index contributed by atoms with van der Waals surface area (Å²) in [6.45, 7) is 4.84. The van der Waals surface area contributed by atoms with Gasteiger partial charge in [-0.15, -0.1) is 0 Å². The van der Waals surface area contributed by atoms with Gasteiger partial charge >= 0.3 is 0 Å². The van der Waals surface area contributed by atoms with E-state index in [4.69, 9.17) is 9.72 Å². The third-order valence-electron chi connectivity index (χ3n) is 3.64. The first-order valence-electron chi connectivity index (χ1n) is 6.90. The highest BCUT2D eigenvalue weighted by Crippen LogP contribution is 2.26. The Balaban J connectivity index is 2.12. The topological polar surface area (TPSA) is 47.0 Å². The quantitative estimate of drug-likeness (QED) is 0.868. The molecule has 0 bridgehead atoms. The van der Waals surface area contributed by atoms with E-state index in [2.05, 4.69) is 23.3 Å². The van der Waals surface area contributed by atoms with Crippen LogP contribution in [0.5, 0.6) is 0 Å². The summed E-state index contributed by atoms with van der Waals surface area (Å²) in [5.41, 5.74) is 1.19. The summed E-state index contributed by atoms with van der Waals surface area (Å²) in [6.07, 6.45) is 5.14. The van der Waals surface area contributed by atoms with Crippen LogP contribution in [0.1, 0.15) is 49.5 Å². The average Bonchev–Trinajstić information content (AvgIpc) is 2.46. The average molecular weight is 249 g/mol. The third kappa shape index (κ3) is 3.27. The molecule has 1 aliphatic heterocycles. The third-order valence-corrected chi connectivity index (χ3v) is 3.64. The minimum atomic E-state index is 0.412. The number of rotatable bonds is 5. The molecule has 0 saturated carbocycles. The van der Waals surface area contributed by atoms with Crippen LogP contribution < -0.4 is 5.32 Å². The van der Waals surface area contributed by atoms with E-state index in [1.54, 1.807) is 0 Å². The van der Waals surface area contributed by atoms with E-state index in [9.17, 15) is 0 Å². The number of aromatic nitrogens is 2. The van der Waals surface area contributed by atoms with Gasteiger partial charge in [-0.3, -0.25) is 0 Å². The van der Waals surface area contributed by atoms with Crippen molar-refractivity contribution < 1.29 is 4.74 Å². The van der Waals surface area contributed by atoms with E-state index in [0.717, 1.165) is 44.8 Å². The maximum Gasteiger partial charge on any atom is 0.132 e. The van der Waals surface area contributed by atoms with E-state index < -0.39 is 0 Å². The van der Waals surface area contributed by atoms with Crippen molar-refractivity contribution in [3.8, 4) is 0 Å². The molecule has 1 aromatic rings. The first-order valence-corrected chi connectivity index (χ1v) is 6.90. The molecule has 1 saturated heterocycles.